The van der Waals surface area contributed by atoms with Gasteiger partial charge in [0.15, 0.2) is 0 Å². The summed E-state index contributed by atoms with van der Waals surface area (Å²) in [6.45, 7) is 3.02. The fourth-order valence-corrected chi connectivity index (χ4v) is 3.15. The summed E-state index contributed by atoms with van der Waals surface area (Å²) in [7, 11) is 0. The third-order valence-corrected chi connectivity index (χ3v) is 4.44. The van der Waals surface area contributed by atoms with E-state index in [0.717, 1.165) is 18.5 Å². The summed E-state index contributed by atoms with van der Waals surface area (Å²) in [6.07, 6.45) is 7.35. The molecule has 1 saturated carbocycles. The Kier molecular flexibility index (Phi) is 3.13. The van der Waals surface area contributed by atoms with Crippen LogP contribution in [0.4, 0.5) is 0 Å². The van der Waals surface area contributed by atoms with E-state index in [1.807, 2.05) is 18.3 Å². The quantitative estimate of drug-likeness (QED) is 0.904. The Morgan fingerprint density at radius 2 is 2.21 bits per heavy atom. The van der Waals surface area contributed by atoms with Crippen molar-refractivity contribution in [3.8, 4) is 0 Å². The number of rotatable bonds is 4. The molecule has 19 heavy (non-hydrogen) atoms. The molecule has 2 heterocycles. The summed E-state index contributed by atoms with van der Waals surface area (Å²) in [5, 5.41) is 10.2. The minimum Gasteiger partial charge on any atom is -0.386 e. The number of hydrogen-bond donors (Lipinski definition) is 1. The number of β-amino-alcohol motifs (C(OH)–C–C–N with tert-alkyl or cyclic N) is 1. The van der Waals surface area contributed by atoms with Crippen molar-refractivity contribution in [3.05, 3.63) is 24.0 Å². The normalized spacial score (nSPS) is 21.9. The van der Waals surface area contributed by atoms with Crippen LogP contribution in [0.3, 0.4) is 0 Å². The first kappa shape index (κ1) is 12.7. The van der Waals surface area contributed by atoms with Gasteiger partial charge >= 0.3 is 0 Å². The lowest BCUT2D eigenvalue weighted by Crippen LogP contribution is -2.63. The number of nitrogens with zero attached hydrogens (tertiary/aromatic N) is 2. The van der Waals surface area contributed by atoms with Gasteiger partial charge in [-0.3, -0.25) is 4.79 Å². The number of aromatic nitrogens is 1. The molecule has 0 atom stereocenters. The van der Waals surface area contributed by atoms with E-state index in [1.54, 1.807) is 4.90 Å². The van der Waals surface area contributed by atoms with Crippen LogP contribution in [0.5, 0.6) is 0 Å². The highest BCUT2D eigenvalue weighted by Gasteiger charge is 2.43. The van der Waals surface area contributed by atoms with E-state index in [2.05, 4.69) is 11.5 Å². The van der Waals surface area contributed by atoms with Crippen molar-refractivity contribution >= 4 is 5.91 Å². The maximum absolute atomic E-state index is 12.4. The van der Waals surface area contributed by atoms with Crippen molar-refractivity contribution in [2.75, 3.05) is 13.1 Å². The van der Waals surface area contributed by atoms with E-state index in [4.69, 9.17) is 0 Å². The summed E-state index contributed by atoms with van der Waals surface area (Å²) in [5.74, 6) is 0.0673. The van der Waals surface area contributed by atoms with Gasteiger partial charge in [-0.15, -0.1) is 0 Å². The lowest BCUT2D eigenvalue weighted by Gasteiger charge is -2.46. The van der Waals surface area contributed by atoms with Crippen molar-refractivity contribution in [2.24, 2.45) is 0 Å². The molecule has 4 nitrogen and oxygen atoms in total. The molecule has 4 heteroatoms. The summed E-state index contributed by atoms with van der Waals surface area (Å²) in [5.41, 5.74) is 0.140. The van der Waals surface area contributed by atoms with Crippen LogP contribution in [0.2, 0.25) is 0 Å². The Morgan fingerprint density at radius 3 is 2.79 bits per heavy atom. The molecule has 0 aromatic carbocycles. The first-order valence-electron chi connectivity index (χ1n) is 7.31. The van der Waals surface area contributed by atoms with Gasteiger partial charge in [0.25, 0.3) is 5.91 Å². The summed E-state index contributed by atoms with van der Waals surface area (Å²) in [4.78, 5) is 14.2. The topological polar surface area (TPSA) is 45.5 Å². The molecule has 1 amide bonds. The van der Waals surface area contributed by atoms with E-state index < -0.39 is 5.60 Å². The minimum absolute atomic E-state index is 0.0673. The SMILES string of the molecule is CCCC1(O)CN(C(=O)c2cccn2C2CCC2)C1. The van der Waals surface area contributed by atoms with Crippen molar-refractivity contribution in [2.45, 2.75) is 50.7 Å². The van der Waals surface area contributed by atoms with Crippen LogP contribution in [0.15, 0.2) is 18.3 Å². The summed E-state index contributed by atoms with van der Waals surface area (Å²) < 4.78 is 2.11. The minimum atomic E-state index is -0.641. The van der Waals surface area contributed by atoms with Crippen LogP contribution < -0.4 is 0 Å². The average Bonchev–Trinajstić information content (AvgIpc) is 2.71. The average molecular weight is 262 g/mol. The van der Waals surface area contributed by atoms with Gasteiger partial charge in [-0.1, -0.05) is 13.3 Å². The van der Waals surface area contributed by atoms with Crippen LogP contribution in [-0.2, 0) is 0 Å². The molecule has 0 radical (unpaired) electrons. The number of likely N-dealkylation sites (tertiary alicyclic amines) is 1. The molecule has 0 bridgehead atoms. The molecular formula is C15H22N2O2. The zero-order chi connectivity index (χ0) is 13.5. The molecular weight excluding hydrogens is 240 g/mol. The van der Waals surface area contributed by atoms with Gasteiger partial charge in [-0.2, -0.15) is 0 Å². The molecule has 0 spiro atoms. The molecule has 0 unspecified atom stereocenters. The molecule has 1 N–H and O–H groups in total. The van der Waals surface area contributed by atoms with Crippen LogP contribution in [0.1, 0.15) is 55.6 Å². The van der Waals surface area contributed by atoms with Crippen LogP contribution >= 0.6 is 0 Å². The number of amides is 1. The largest absolute Gasteiger partial charge is 0.386 e. The molecule has 104 valence electrons. The van der Waals surface area contributed by atoms with Crippen molar-refractivity contribution in [1.29, 1.82) is 0 Å². The first-order chi connectivity index (χ1) is 9.13. The maximum atomic E-state index is 12.4. The second-order valence-corrected chi connectivity index (χ2v) is 6.02. The van der Waals surface area contributed by atoms with Gasteiger partial charge in [0.1, 0.15) is 5.69 Å². The molecule has 1 aliphatic heterocycles. The molecule has 1 aromatic rings. The Labute approximate surface area is 114 Å². The fraction of sp³-hybridized carbons (Fsp3) is 0.667. The van der Waals surface area contributed by atoms with Gasteiger partial charge in [0.05, 0.1) is 18.7 Å². The number of carbonyl (C=O) groups excluding carboxylic acids is 1. The standard InChI is InChI=1S/C15H22N2O2/c1-2-8-15(19)10-16(11-15)14(18)13-7-4-9-17(13)12-5-3-6-12/h4,7,9,12,19H,2-3,5-6,8,10-11H2,1H3. The predicted molar refractivity (Wildman–Crippen MR) is 73.1 cm³/mol. The highest BCUT2D eigenvalue weighted by molar-refractivity contribution is 5.93. The Bertz CT molecular complexity index is 470. The Morgan fingerprint density at radius 1 is 1.47 bits per heavy atom. The van der Waals surface area contributed by atoms with E-state index in [-0.39, 0.29) is 5.91 Å². The summed E-state index contributed by atoms with van der Waals surface area (Å²) in [6, 6.07) is 4.35. The predicted octanol–water partition coefficient (Wildman–Crippen LogP) is 2.20. The molecule has 3 rings (SSSR count). The lowest BCUT2D eigenvalue weighted by atomic mass is 9.89. The Hall–Kier alpha value is -1.29. The molecule has 1 saturated heterocycles. The van der Waals surface area contributed by atoms with Gasteiger partial charge in [-0.25, -0.2) is 0 Å². The van der Waals surface area contributed by atoms with Crippen molar-refractivity contribution < 1.29 is 9.90 Å². The maximum Gasteiger partial charge on any atom is 0.270 e. The number of hydrogen-bond acceptors (Lipinski definition) is 2. The fourth-order valence-electron chi connectivity index (χ4n) is 3.15. The van der Waals surface area contributed by atoms with Gasteiger partial charge in [0.2, 0.25) is 0 Å². The first-order valence-corrected chi connectivity index (χ1v) is 7.31. The van der Waals surface area contributed by atoms with Crippen LogP contribution in [0.25, 0.3) is 0 Å². The van der Waals surface area contributed by atoms with Gasteiger partial charge in [0, 0.05) is 12.2 Å². The Balaban J connectivity index is 1.67. The summed E-state index contributed by atoms with van der Waals surface area (Å²) >= 11 is 0. The monoisotopic (exact) mass is 262 g/mol. The smallest absolute Gasteiger partial charge is 0.270 e. The highest BCUT2D eigenvalue weighted by atomic mass is 16.3. The van der Waals surface area contributed by atoms with Crippen molar-refractivity contribution in [1.82, 2.24) is 9.47 Å². The lowest BCUT2D eigenvalue weighted by molar-refractivity contribution is -0.0863. The third-order valence-electron chi connectivity index (χ3n) is 4.44. The van der Waals surface area contributed by atoms with Crippen molar-refractivity contribution in [3.63, 3.8) is 0 Å². The molecule has 1 aromatic heterocycles. The van der Waals surface area contributed by atoms with Gasteiger partial charge < -0.3 is 14.6 Å². The van der Waals surface area contributed by atoms with E-state index >= 15 is 0 Å². The van der Waals surface area contributed by atoms with E-state index in [1.165, 1.54) is 19.3 Å². The second kappa shape index (κ2) is 4.67. The number of carbonyl (C=O) groups is 1. The zero-order valence-electron chi connectivity index (χ0n) is 11.5. The van der Waals surface area contributed by atoms with Gasteiger partial charge in [-0.05, 0) is 37.8 Å². The molecule has 2 fully saturated rings. The van der Waals surface area contributed by atoms with E-state index in [0.29, 0.717) is 19.1 Å². The van der Waals surface area contributed by atoms with Crippen LogP contribution in [-0.4, -0.2) is 39.2 Å². The molecule has 1 aliphatic carbocycles. The zero-order valence-corrected chi connectivity index (χ0v) is 11.5. The van der Waals surface area contributed by atoms with E-state index in [9.17, 15) is 9.90 Å². The highest BCUT2D eigenvalue weighted by Crippen LogP contribution is 2.34. The number of aliphatic hydroxyl groups is 1. The second-order valence-electron chi connectivity index (χ2n) is 6.02. The van der Waals surface area contributed by atoms with Crippen LogP contribution in [0, 0.1) is 0 Å². The molecule has 2 aliphatic rings. The third kappa shape index (κ3) is 2.18.